The van der Waals surface area contributed by atoms with Gasteiger partial charge in [0.25, 0.3) is 0 Å². The summed E-state index contributed by atoms with van der Waals surface area (Å²) in [5.74, 6) is 0.671. The van der Waals surface area contributed by atoms with Crippen LogP contribution in [0.5, 0.6) is 0 Å². The van der Waals surface area contributed by atoms with Crippen LogP contribution >= 0.6 is 11.6 Å². The van der Waals surface area contributed by atoms with Crippen molar-refractivity contribution in [3.63, 3.8) is 0 Å². The predicted molar refractivity (Wildman–Crippen MR) is 68.1 cm³/mol. The van der Waals surface area contributed by atoms with Crippen molar-refractivity contribution in [1.29, 1.82) is 0 Å². The molecule has 1 unspecified atom stereocenters. The van der Waals surface area contributed by atoms with E-state index in [0.29, 0.717) is 5.92 Å². The molecule has 0 spiro atoms. The number of alkyl halides is 1. The van der Waals surface area contributed by atoms with Crippen LogP contribution in [-0.2, 0) is 4.79 Å². The minimum atomic E-state index is -0.290. The van der Waals surface area contributed by atoms with Crippen LogP contribution in [0.1, 0.15) is 39.0 Å². The molecular weight excluding hydrogens is 240 g/mol. The molecular formula is C12H21ClN2O2. The molecule has 0 aliphatic carbocycles. The third-order valence-electron chi connectivity index (χ3n) is 3.28. The Bertz CT molecular complexity index is 271. The second kappa shape index (κ2) is 7.54. The van der Waals surface area contributed by atoms with Crippen molar-refractivity contribution in [3.8, 4) is 0 Å². The molecule has 1 aliphatic rings. The maximum Gasteiger partial charge on any atom is 0.324 e. The van der Waals surface area contributed by atoms with Gasteiger partial charge in [-0.3, -0.25) is 10.1 Å². The Morgan fingerprint density at radius 1 is 1.35 bits per heavy atom. The van der Waals surface area contributed by atoms with E-state index in [1.165, 1.54) is 12.8 Å². The van der Waals surface area contributed by atoms with Crippen molar-refractivity contribution in [3.05, 3.63) is 0 Å². The van der Waals surface area contributed by atoms with Crippen LogP contribution in [0.4, 0.5) is 4.79 Å². The number of halogens is 1. The molecule has 17 heavy (non-hydrogen) atoms. The summed E-state index contributed by atoms with van der Waals surface area (Å²) in [7, 11) is 0. The van der Waals surface area contributed by atoms with E-state index in [1.54, 1.807) is 4.90 Å². The van der Waals surface area contributed by atoms with Gasteiger partial charge in [0.15, 0.2) is 0 Å². The van der Waals surface area contributed by atoms with Gasteiger partial charge in [-0.05, 0) is 25.2 Å². The van der Waals surface area contributed by atoms with Crippen LogP contribution in [0.2, 0.25) is 0 Å². The van der Waals surface area contributed by atoms with Crippen LogP contribution in [0.15, 0.2) is 0 Å². The molecule has 0 aromatic carbocycles. The Morgan fingerprint density at radius 3 is 2.76 bits per heavy atom. The maximum atomic E-state index is 11.8. The fraction of sp³-hybridized carbons (Fsp3) is 0.833. The van der Waals surface area contributed by atoms with Crippen LogP contribution in [0.3, 0.4) is 0 Å². The van der Waals surface area contributed by atoms with Crippen molar-refractivity contribution < 1.29 is 9.59 Å². The number of rotatable bonds is 3. The molecule has 98 valence electrons. The molecule has 0 bridgehead atoms. The summed E-state index contributed by atoms with van der Waals surface area (Å²) in [5, 5.41) is 2.37. The minimum Gasteiger partial charge on any atom is -0.324 e. The van der Waals surface area contributed by atoms with Crippen molar-refractivity contribution in [2.75, 3.05) is 19.0 Å². The van der Waals surface area contributed by atoms with E-state index in [4.69, 9.17) is 11.6 Å². The summed E-state index contributed by atoms with van der Waals surface area (Å²) >= 11 is 5.44. The molecule has 1 aliphatic heterocycles. The first-order valence-corrected chi connectivity index (χ1v) is 6.85. The molecule has 1 N–H and O–H groups in total. The summed E-state index contributed by atoms with van der Waals surface area (Å²) in [6.07, 6.45) is 4.60. The molecule has 0 aromatic heterocycles. The number of hydrogen-bond donors (Lipinski definition) is 1. The fourth-order valence-corrected chi connectivity index (χ4v) is 2.30. The topological polar surface area (TPSA) is 49.4 Å². The quantitative estimate of drug-likeness (QED) is 0.792. The number of nitrogens with zero attached hydrogens (tertiary/aromatic N) is 1. The highest BCUT2D eigenvalue weighted by atomic mass is 35.5. The van der Waals surface area contributed by atoms with Crippen molar-refractivity contribution in [1.82, 2.24) is 10.2 Å². The smallest absolute Gasteiger partial charge is 0.324 e. The van der Waals surface area contributed by atoms with E-state index >= 15 is 0 Å². The van der Waals surface area contributed by atoms with Crippen molar-refractivity contribution in [2.45, 2.75) is 39.0 Å². The summed E-state index contributed by atoms with van der Waals surface area (Å²) in [5.41, 5.74) is 0. The average molecular weight is 261 g/mol. The van der Waals surface area contributed by atoms with Gasteiger partial charge < -0.3 is 4.90 Å². The normalized spacial score (nSPS) is 20.8. The zero-order valence-corrected chi connectivity index (χ0v) is 11.1. The number of hydrogen-bond acceptors (Lipinski definition) is 2. The Labute approximate surface area is 108 Å². The molecule has 0 radical (unpaired) electrons. The van der Waals surface area contributed by atoms with Gasteiger partial charge in [-0.2, -0.15) is 0 Å². The van der Waals surface area contributed by atoms with Gasteiger partial charge in [0.2, 0.25) is 5.91 Å². The van der Waals surface area contributed by atoms with Gasteiger partial charge in [0.1, 0.15) is 0 Å². The Kier molecular flexibility index (Phi) is 6.34. The van der Waals surface area contributed by atoms with Crippen LogP contribution in [0, 0.1) is 5.92 Å². The first kappa shape index (κ1) is 14.3. The van der Waals surface area contributed by atoms with E-state index in [9.17, 15) is 9.59 Å². The van der Waals surface area contributed by atoms with Crippen molar-refractivity contribution in [2.24, 2.45) is 5.92 Å². The Hall–Kier alpha value is -0.770. The lowest BCUT2D eigenvalue weighted by Crippen LogP contribution is -2.43. The number of carbonyl (C=O) groups excluding carboxylic acids is 2. The Balaban J connectivity index is 2.38. The van der Waals surface area contributed by atoms with E-state index < -0.39 is 0 Å². The highest BCUT2D eigenvalue weighted by molar-refractivity contribution is 6.19. The number of likely N-dealkylation sites (tertiary alicyclic amines) is 1. The van der Waals surface area contributed by atoms with Gasteiger partial charge in [-0.15, -0.1) is 11.6 Å². The van der Waals surface area contributed by atoms with E-state index in [1.807, 2.05) is 0 Å². The van der Waals surface area contributed by atoms with Crippen molar-refractivity contribution >= 4 is 23.5 Å². The second-order valence-corrected chi connectivity index (χ2v) is 4.86. The molecule has 5 heteroatoms. The number of imide groups is 1. The summed E-state index contributed by atoms with van der Waals surface area (Å²) in [6.45, 7) is 3.68. The molecule has 1 fully saturated rings. The second-order valence-electron chi connectivity index (χ2n) is 4.48. The van der Waals surface area contributed by atoms with Gasteiger partial charge in [0.05, 0.1) is 0 Å². The zero-order valence-electron chi connectivity index (χ0n) is 10.4. The zero-order chi connectivity index (χ0) is 12.7. The number of nitrogens with one attached hydrogen (secondary N) is 1. The highest BCUT2D eigenvalue weighted by Crippen LogP contribution is 2.20. The summed E-state index contributed by atoms with van der Waals surface area (Å²) in [4.78, 5) is 24.8. The molecule has 3 amide bonds. The monoisotopic (exact) mass is 260 g/mol. The fourth-order valence-electron chi connectivity index (χ4n) is 2.12. The number of carbonyl (C=O) groups is 2. The third-order valence-corrected chi connectivity index (χ3v) is 3.47. The van der Waals surface area contributed by atoms with Crippen LogP contribution < -0.4 is 5.32 Å². The van der Waals surface area contributed by atoms with Crippen LogP contribution in [0.25, 0.3) is 0 Å². The summed E-state index contributed by atoms with van der Waals surface area (Å²) < 4.78 is 0. The minimum absolute atomic E-state index is 0.193. The Morgan fingerprint density at radius 2 is 2.12 bits per heavy atom. The van der Waals surface area contributed by atoms with Gasteiger partial charge in [-0.1, -0.05) is 13.3 Å². The van der Waals surface area contributed by atoms with Gasteiger partial charge in [-0.25, -0.2) is 4.79 Å². The molecule has 0 aromatic rings. The molecule has 4 nitrogen and oxygen atoms in total. The lowest BCUT2D eigenvalue weighted by molar-refractivity contribution is -0.119. The van der Waals surface area contributed by atoms with Crippen LogP contribution in [-0.4, -0.2) is 35.8 Å². The van der Waals surface area contributed by atoms with Gasteiger partial charge in [0, 0.05) is 25.4 Å². The van der Waals surface area contributed by atoms with E-state index in [2.05, 4.69) is 12.2 Å². The van der Waals surface area contributed by atoms with E-state index in [-0.39, 0.29) is 24.2 Å². The lowest BCUT2D eigenvalue weighted by atomic mass is 9.98. The number of amides is 3. The average Bonchev–Trinajstić information content (AvgIpc) is 2.54. The molecule has 1 saturated heterocycles. The third kappa shape index (κ3) is 4.94. The first-order chi connectivity index (χ1) is 8.17. The van der Waals surface area contributed by atoms with E-state index in [0.717, 1.165) is 25.9 Å². The first-order valence-electron chi connectivity index (χ1n) is 6.32. The molecule has 1 rings (SSSR count). The SMILES string of the molecule is CCC1CCCN(C(=O)NC(=O)CCCl)CC1. The summed E-state index contributed by atoms with van der Waals surface area (Å²) in [6, 6.07) is -0.267. The number of urea groups is 1. The molecule has 1 atom stereocenters. The molecule has 0 saturated carbocycles. The maximum absolute atomic E-state index is 11.8. The van der Waals surface area contributed by atoms with Gasteiger partial charge >= 0.3 is 6.03 Å². The lowest BCUT2D eigenvalue weighted by Gasteiger charge is -2.20. The largest absolute Gasteiger partial charge is 0.324 e. The standard InChI is InChI=1S/C12H21ClN2O2/c1-2-10-4-3-8-15(9-6-10)12(17)14-11(16)5-7-13/h10H,2-9H2,1H3,(H,14,16,17). The molecule has 1 heterocycles. The predicted octanol–water partition coefficient (Wildman–Crippen LogP) is 2.36. The highest BCUT2D eigenvalue weighted by Gasteiger charge is 2.20.